The monoisotopic (exact) mass is 1050 g/mol. The number of aromatic carboxylic acids is 1. The fourth-order valence-corrected chi connectivity index (χ4v) is 8.44. The molecule has 34 heteroatoms. The number of carbonyl (C=O) groups excluding carboxylic acids is 2. The van der Waals surface area contributed by atoms with E-state index in [1.807, 2.05) is 0 Å². The minimum absolute atomic E-state index is 0.119. The summed E-state index contributed by atoms with van der Waals surface area (Å²) >= 11 is 0. The smallest absolute Gasteiger partial charge is 0.397 e. The Hall–Kier alpha value is -8.25. The molecule has 0 aliphatic carbocycles. The van der Waals surface area contributed by atoms with Crippen LogP contribution in [0.5, 0.6) is 11.5 Å². The van der Waals surface area contributed by atoms with Crippen LogP contribution in [0.3, 0.4) is 0 Å². The number of hydrogen-bond acceptors (Lipinski definition) is 22. The summed E-state index contributed by atoms with van der Waals surface area (Å²) in [5.74, 6) is -4.79. The van der Waals surface area contributed by atoms with Gasteiger partial charge in [0.1, 0.15) is 44.0 Å². The molecule has 0 aliphatic rings. The molecule has 0 heterocycles. The van der Waals surface area contributed by atoms with Crippen LogP contribution in [0.1, 0.15) is 15.9 Å². The molecule has 0 aliphatic heterocycles. The van der Waals surface area contributed by atoms with Gasteiger partial charge in [-0.25, -0.2) is 27.0 Å². The van der Waals surface area contributed by atoms with E-state index in [0.717, 1.165) is 42.5 Å². The van der Waals surface area contributed by atoms with Gasteiger partial charge in [0.25, 0.3) is 20.2 Å². The van der Waals surface area contributed by atoms with Gasteiger partial charge in [-0.3, -0.25) is 13.7 Å². The van der Waals surface area contributed by atoms with Crippen molar-refractivity contribution < 1.29 is 81.2 Å². The Balaban J connectivity index is 1.47. The van der Waals surface area contributed by atoms with E-state index < -0.39 is 120 Å². The third-order valence-electron chi connectivity index (χ3n) is 8.54. The Bertz CT molecular complexity index is 3550. The van der Waals surface area contributed by atoms with Crippen molar-refractivity contribution in [1.29, 1.82) is 0 Å². The third kappa shape index (κ3) is 13.9. The van der Waals surface area contributed by atoms with Crippen LogP contribution in [0, 0.1) is 6.92 Å². The van der Waals surface area contributed by atoms with E-state index in [1.54, 1.807) is 6.92 Å². The van der Waals surface area contributed by atoms with E-state index in [2.05, 4.69) is 55.7 Å². The van der Waals surface area contributed by atoms with Crippen LogP contribution in [0.2, 0.25) is 0 Å². The van der Waals surface area contributed by atoms with Gasteiger partial charge in [-0.05, 0) is 85.3 Å². The number of carboxylic acids is 1. The number of urea groups is 2. The highest BCUT2D eigenvalue weighted by Gasteiger charge is 2.25. The number of carbonyl (C=O) groups is 3. The van der Waals surface area contributed by atoms with E-state index in [0.29, 0.717) is 17.7 Å². The molecule has 0 bridgehead atoms. The molecule has 4 amide bonds. The summed E-state index contributed by atoms with van der Waals surface area (Å²) in [6.45, 7) is 0.510. The Kier molecular flexibility index (Phi) is 15.8. The third-order valence-corrected chi connectivity index (χ3v) is 12.4. The number of rotatable bonds is 18. The summed E-state index contributed by atoms with van der Waals surface area (Å²) in [5.41, 5.74) is 6.58. The number of hydrogen-bond donors (Lipinski definition) is 10. The summed E-state index contributed by atoms with van der Waals surface area (Å²) in [4.78, 5) is 33.5. The lowest BCUT2D eigenvalue weighted by Gasteiger charge is -2.09. The maximum absolute atomic E-state index is 12.7. The molecule has 5 aromatic carbocycles. The number of primary amides is 2. The molecule has 70 heavy (non-hydrogen) atoms. The Morgan fingerprint density at radius 2 is 1.04 bits per heavy atom. The topological polar surface area (TPSA) is 493 Å². The van der Waals surface area contributed by atoms with Crippen molar-refractivity contribution in [2.45, 2.75) is 21.6 Å². The summed E-state index contributed by atoms with van der Waals surface area (Å²) in [5, 5.41) is 66.7. The second-order valence-electron chi connectivity index (χ2n) is 13.6. The second-order valence-corrected chi connectivity index (χ2v) is 19.6. The molecular weight excluding hydrogens is 1020 g/mol. The maximum Gasteiger partial charge on any atom is 0.397 e. The van der Waals surface area contributed by atoms with Crippen LogP contribution in [0.15, 0.2) is 134 Å². The average molecular weight is 1050 g/mol. The predicted molar refractivity (Wildman–Crippen MR) is 240 cm³/mol. The lowest BCUT2D eigenvalue weighted by Crippen LogP contribution is -2.19. The highest BCUT2D eigenvalue weighted by molar-refractivity contribution is 7.91. The highest BCUT2D eigenvalue weighted by atomic mass is 32.3. The van der Waals surface area contributed by atoms with Gasteiger partial charge < -0.3 is 37.4 Å². The first-order chi connectivity index (χ1) is 32.5. The van der Waals surface area contributed by atoms with Crippen LogP contribution >= 0.6 is 0 Å². The number of aromatic hydroxyl groups is 2. The van der Waals surface area contributed by atoms with Crippen molar-refractivity contribution in [3.05, 3.63) is 90.0 Å². The lowest BCUT2D eigenvalue weighted by molar-refractivity contribution is 0.0696. The summed E-state index contributed by atoms with van der Waals surface area (Å²) in [7, 11) is -19.5. The van der Waals surface area contributed by atoms with Crippen molar-refractivity contribution >= 4 is 115 Å². The Labute approximate surface area is 393 Å². The lowest BCUT2D eigenvalue weighted by atomic mass is 10.1. The van der Waals surface area contributed by atoms with E-state index in [-0.39, 0.29) is 39.8 Å². The largest absolute Gasteiger partial charge is 0.505 e. The van der Waals surface area contributed by atoms with E-state index in [9.17, 15) is 72.5 Å². The number of sulfone groups is 1. The zero-order valence-corrected chi connectivity index (χ0v) is 38.1. The number of nitrogens with zero attached hydrogens (tertiary/aromatic N) is 8. The minimum Gasteiger partial charge on any atom is -0.505 e. The van der Waals surface area contributed by atoms with E-state index in [4.69, 9.17) is 16.0 Å². The SMILES string of the molecule is Cc1ccc(N=Nc2ccc(N=Nc3c(C(=O)O)cc(O)c(N=Nc4ccc(N=Nc5ccc(S(=O)(=O)CCOS(=O)(=O)O)cc5S(=O)(=O)O)c(NC(N)=O)c4)c3O)cc2NC(N)=O)c(S(=O)(=O)O)c1. The van der Waals surface area contributed by atoms with Gasteiger partial charge in [-0.1, -0.05) is 6.07 Å². The van der Waals surface area contributed by atoms with Crippen LogP contribution < -0.4 is 22.1 Å². The van der Waals surface area contributed by atoms with Crippen molar-refractivity contribution in [3.63, 3.8) is 0 Å². The number of aryl methyl sites for hydroxylation is 1. The van der Waals surface area contributed by atoms with Crippen LogP contribution in [0.4, 0.5) is 66.5 Å². The number of nitrogens with two attached hydrogens (primary N) is 2. The number of anilines is 2. The molecular formula is C36H32N12O18S4. The first-order valence-electron chi connectivity index (χ1n) is 18.5. The second kappa shape index (κ2) is 20.9. The van der Waals surface area contributed by atoms with Gasteiger partial charge in [0.15, 0.2) is 21.3 Å². The molecule has 0 saturated heterocycles. The van der Waals surface area contributed by atoms with Gasteiger partial charge in [0.05, 0.1) is 45.6 Å². The van der Waals surface area contributed by atoms with Crippen molar-refractivity contribution in [3.8, 4) is 11.5 Å². The van der Waals surface area contributed by atoms with E-state index in [1.165, 1.54) is 24.3 Å². The van der Waals surface area contributed by atoms with E-state index >= 15 is 0 Å². The van der Waals surface area contributed by atoms with Crippen LogP contribution in [-0.4, -0.2) is 93.0 Å². The average Bonchev–Trinajstić information content (AvgIpc) is 3.23. The number of nitrogens with one attached hydrogen (secondary N) is 2. The Morgan fingerprint density at radius 1 is 0.586 bits per heavy atom. The quantitative estimate of drug-likeness (QED) is 0.0317. The summed E-state index contributed by atoms with van der Waals surface area (Å²) < 4.78 is 127. The van der Waals surface area contributed by atoms with Gasteiger partial charge >= 0.3 is 28.4 Å². The standard InChI is InChI=1S/C36H32N12O18S4/c1-17-2-6-24(29(12-17)68(57,58)59)45-43-22-7-3-18(13-26(22)39-35(37)53)41-47-31-21(34(51)52)16-28(49)32(33(31)50)48-42-19-4-8-23(27(14-19)40-36(38)54)44-46-25-9-5-20(15-30(25)69(60,61)62)67(55,56)11-10-66-70(63,64)65/h2-9,12-16,49-50H,10-11H2,1H3,(H,51,52)(H3,37,39,53)(H3,38,40,54)(H,57,58,59)(H,60,61,62)(H,63,64,65). The van der Waals surface area contributed by atoms with Gasteiger partial charge in [0.2, 0.25) is 0 Å². The molecule has 0 atom stereocenters. The van der Waals surface area contributed by atoms with Gasteiger partial charge in [0, 0.05) is 0 Å². The molecule has 0 radical (unpaired) electrons. The predicted octanol–water partition coefficient (Wildman–Crippen LogP) is 6.83. The van der Waals surface area contributed by atoms with Crippen LogP contribution in [-0.2, 0) is 44.7 Å². The minimum atomic E-state index is -5.23. The normalized spacial score (nSPS) is 12.6. The number of azo groups is 4. The fourth-order valence-electron chi connectivity index (χ4n) is 5.50. The van der Waals surface area contributed by atoms with Gasteiger partial charge in [-0.15, -0.1) is 30.7 Å². The maximum atomic E-state index is 12.7. The molecule has 368 valence electrons. The number of phenols is 2. The fraction of sp³-hybridized carbons (Fsp3) is 0.0833. The van der Waals surface area contributed by atoms with Crippen molar-refractivity contribution in [1.82, 2.24) is 0 Å². The zero-order chi connectivity index (χ0) is 51.9. The first-order valence-corrected chi connectivity index (χ1v) is 24.4. The summed E-state index contributed by atoms with van der Waals surface area (Å²) in [6.07, 6.45) is 0. The molecule has 0 unspecified atom stereocenters. The summed E-state index contributed by atoms with van der Waals surface area (Å²) in [6, 6.07) is 11.2. The first kappa shape index (κ1) is 52.7. The highest BCUT2D eigenvalue weighted by Crippen LogP contribution is 2.47. The molecule has 0 fully saturated rings. The molecule has 5 rings (SSSR count). The van der Waals surface area contributed by atoms with Crippen LogP contribution in [0.25, 0.3) is 0 Å². The molecule has 30 nitrogen and oxygen atoms in total. The zero-order valence-electron chi connectivity index (χ0n) is 34.9. The van der Waals surface area contributed by atoms with Crippen molar-refractivity contribution in [2.75, 3.05) is 23.0 Å². The number of carboxylic acid groups (broad SMARTS) is 1. The molecule has 0 spiro atoms. The number of phenolic OH excluding ortho intramolecular Hbond substituents is 2. The van der Waals surface area contributed by atoms with Crippen molar-refractivity contribution in [2.24, 2.45) is 52.4 Å². The Morgan fingerprint density at radius 3 is 1.51 bits per heavy atom. The molecule has 5 aromatic rings. The number of benzene rings is 5. The molecule has 0 aromatic heterocycles. The molecule has 12 N–H and O–H groups in total. The van der Waals surface area contributed by atoms with Gasteiger partial charge in [-0.2, -0.15) is 35.5 Å². The molecule has 0 saturated carbocycles. The number of amides is 4.